The summed E-state index contributed by atoms with van der Waals surface area (Å²) in [4.78, 5) is 8.79. The fourth-order valence-electron chi connectivity index (χ4n) is 2.94. The molecule has 0 radical (unpaired) electrons. The summed E-state index contributed by atoms with van der Waals surface area (Å²) in [6.07, 6.45) is 1.64. The lowest BCUT2D eigenvalue weighted by atomic mass is 10.1. The number of benzene rings is 1. The third-order valence-electron chi connectivity index (χ3n) is 4.57. The summed E-state index contributed by atoms with van der Waals surface area (Å²) < 4.78 is 10.6. The third-order valence-corrected chi connectivity index (χ3v) is 4.57. The minimum Gasteiger partial charge on any atom is -0.497 e. The maximum absolute atomic E-state index is 5.41. The van der Waals surface area contributed by atoms with Gasteiger partial charge in [0.25, 0.3) is 0 Å². The fraction of sp³-hybridized carbons (Fsp3) is 0.400. The van der Waals surface area contributed by atoms with Gasteiger partial charge in [0.15, 0.2) is 11.8 Å². The maximum Gasteiger partial charge on any atom is 0.191 e. The van der Waals surface area contributed by atoms with Gasteiger partial charge in [0.1, 0.15) is 17.3 Å². The van der Waals surface area contributed by atoms with E-state index >= 15 is 0 Å². The smallest absolute Gasteiger partial charge is 0.191 e. The number of aromatic nitrogens is 4. The molecule has 0 aliphatic heterocycles. The predicted octanol–water partition coefficient (Wildman–Crippen LogP) is 2.46. The first kappa shape index (κ1) is 20.4. The van der Waals surface area contributed by atoms with E-state index in [1.54, 1.807) is 14.2 Å². The van der Waals surface area contributed by atoms with Gasteiger partial charge in [-0.25, -0.2) is 4.98 Å². The van der Waals surface area contributed by atoms with Crippen LogP contribution in [0, 0.1) is 0 Å². The standard InChI is InChI=1S/C20H27N7O2/c1-5-16-15(17(6-2)29-27-16)11-22-20(21-3)23-12-18-24-19(26-25-18)13-7-9-14(28-4)10-8-13/h7-10H,5-6,11-12H2,1-4H3,(H2,21,22,23)(H,24,25,26). The summed E-state index contributed by atoms with van der Waals surface area (Å²) in [7, 11) is 3.37. The highest BCUT2D eigenvalue weighted by Gasteiger charge is 2.14. The van der Waals surface area contributed by atoms with Gasteiger partial charge in [0, 0.05) is 31.1 Å². The molecule has 0 amide bonds. The number of ether oxygens (including phenoxy) is 1. The number of nitrogens with zero attached hydrogens (tertiary/aromatic N) is 4. The van der Waals surface area contributed by atoms with Gasteiger partial charge < -0.3 is 19.9 Å². The van der Waals surface area contributed by atoms with Crippen LogP contribution in [0.1, 0.15) is 36.7 Å². The van der Waals surface area contributed by atoms with E-state index in [2.05, 4.69) is 49.8 Å². The van der Waals surface area contributed by atoms with Crippen molar-refractivity contribution in [2.75, 3.05) is 14.2 Å². The molecule has 0 unspecified atom stereocenters. The van der Waals surface area contributed by atoms with E-state index < -0.39 is 0 Å². The molecule has 3 N–H and O–H groups in total. The molecule has 0 aliphatic carbocycles. The van der Waals surface area contributed by atoms with Crippen LogP contribution in [-0.4, -0.2) is 40.5 Å². The van der Waals surface area contributed by atoms with Gasteiger partial charge in [-0.3, -0.25) is 10.1 Å². The monoisotopic (exact) mass is 397 g/mol. The Morgan fingerprint density at radius 3 is 2.55 bits per heavy atom. The van der Waals surface area contributed by atoms with Gasteiger partial charge in [-0.1, -0.05) is 19.0 Å². The number of aryl methyl sites for hydroxylation is 2. The van der Waals surface area contributed by atoms with Crippen molar-refractivity contribution >= 4 is 5.96 Å². The number of rotatable bonds is 8. The van der Waals surface area contributed by atoms with E-state index in [1.165, 1.54) is 0 Å². The number of nitrogens with one attached hydrogen (secondary N) is 3. The Balaban J connectivity index is 1.57. The van der Waals surface area contributed by atoms with Crippen LogP contribution in [0.2, 0.25) is 0 Å². The summed E-state index contributed by atoms with van der Waals surface area (Å²) in [5.74, 6) is 3.72. The van der Waals surface area contributed by atoms with Crippen molar-refractivity contribution in [2.24, 2.45) is 4.99 Å². The molecule has 3 aromatic rings. The van der Waals surface area contributed by atoms with Gasteiger partial charge in [-0.2, -0.15) is 5.10 Å². The molecule has 0 saturated heterocycles. The fourth-order valence-corrected chi connectivity index (χ4v) is 2.94. The summed E-state index contributed by atoms with van der Waals surface area (Å²) in [5, 5.41) is 17.9. The van der Waals surface area contributed by atoms with Crippen molar-refractivity contribution in [3.8, 4) is 17.1 Å². The average Bonchev–Trinajstić information content (AvgIpc) is 3.40. The Morgan fingerprint density at radius 2 is 1.90 bits per heavy atom. The van der Waals surface area contributed by atoms with Crippen molar-refractivity contribution in [1.29, 1.82) is 0 Å². The van der Waals surface area contributed by atoms with Crippen LogP contribution in [0.15, 0.2) is 33.8 Å². The Hall–Kier alpha value is -3.36. The quantitative estimate of drug-likeness (QED) is 0.395. The van der Waals surface area contributed by atoms with Crippen LogP contribution in [0.5, 0.6) is 5.75 Å². The number of guanidine groups is 1. The van der Waals surface area contributed by atoms with Crippen LogP contribution in [-0.2, 0) is 25.9 Å². The normalized spacial score (nSPS) is 11.5. The molecule has 1 aromatic carbocycles. The number of hydrogen-bond acceptors (Lipinski definition) is 6. The third kappa shape index (κ3) is 4.92. The summed E-state index contributed by atoms with van der Waals surface area (Å²) in [6, 6.07) is 7.62. The Bertz CT molecular complexity index is 923. The lowest BCUT2D eigenvalue weighted by Crippen LogP contribution is -2.36. The molecule has 2 heterocycles. The first-order valence-corrected chi connectivity index (χ1v) is 9.64. The van der Waals surface area contributed by atoms with Crippen LogP contribution in [0.4, 0.5) is 0 Å². The largest absolute Gasteiger partial charge is 0.497 e. The Labute approximate surface area is 170 Å². The Morgan fingerprint density at radius 1 is 1.14 bits per heavy atom. The molecule has 29 heavy (non-hydrogen) atoms. The number of hydrogen-bond donors (Lipinski definition) is 3. The summed E-state index contributed by atoms with van der Waals surface area (Å²) in [6.45, 7) is 5.19. The molecule has 2 aromatic heterocycles. The second-order valence-electron chi connectivity index (χ2n) is 6.35. The molecule has 0 fully saturated rings. The van der Waals surface area contributed by atoms with Crippen molar-refractivity contribution < 1.29 is 9.26 Å². The second kappa shape index (κ2) is 9.72. The van der Waals surface area contributed by atoms with E-state index in [-0.39, 0.29) is 0 Å². The van der Waals surface area contributed by atoms with Crippen LogP contribution in [0.3, 0.4) is 0 Å². The van der Waals surface area contributed by atoms with E-state index in [1.807, 2.05) is 24.3 Å². The number of methoxy groups -OCH3 is 1. The molecule has 0 atom stereocenters. The molecule has 9 nitrogen and oxygen atoms in total. The topological polar surface area (TPSA) is 113 Å². The van der Waals surface area contributed by atoms with Crippen molar-refractivity contribution in [2.45, 2.75) is 39.8 Å². The number of aliphatic imine (C=N–C) groups is 1. The van der Waals surface area contributed by atoms with Crippen molar-refractivity contribution in [3.63, 3.8) is 0 Å². The maximum atomic E-state index is 5.41. The van der Waals surface area contributed by atoms with E-state index in [0.29, 0.717) is 30.7 Å². The molecule has 0 spiro atoms. The zero-order valence-electron chi connectivity index (χ0n) is 17.2. The SMILES string of the molecule is CCc1noc(CC)c1CNC(=NC)NCc1nc(-c2ccc(OC)cc2)n[nH]1. The van der Waals surface area contributed by atoms with Gasteiger partial charge in [-0.15, -0.1) is 0 Å². The number of H-pyrrole nitrogens is 1. The predicted molar refractivity (Wildman–Crippen MR) is 111 cm³/mol. The summed E-state index contributed by atoms with van der Waals surface area (Å²) >= 11 is 0. The molecular weight excluding hydrogens is 370 g/mol. The molecule has 0 saturated carbocycles. The first-order chi connectivity index (χ1) is 14.2. The number of aromatic amines is 1. The molecule has 154 valence electrons. The van der Waals surface area contributed by atoms with Crippen LogP contribution in [0.25, 0.3) is 11.4 Å². The van der Waals surface area contributed by atoms with Gasteiger partial charge in [-0.05, 0) is 30.7 Å². The lowest BCUT2D eigenvalue weighted by molar-refractivity contribution is 0.380. The molecule has 0 bridgehead atoms. The Kier molecular flexibility index (Phi) is 6.83. The highest BCUT2D eigenvalue weighted by atomic mass is 16.5. The minimum atomic E-state index is 0.466. The van der Waals surface area contributed by atoms with E-state index in [0.717, 1.165) is 41.2 Å². The second-order valence-corrected chi connectivity index (χ2v) is 6.35. The van der Waals surface area contributed by atoms with Gasteiger partial charge >= 0.3 is 0 Å². The van der Waals surface area contributed by atoms with Gasteiger partial charge in [0.05, 0.1) is 19.3 Å². The average molecular weight is 397 g/mol. The first-order valence-electron chi connectivity index (χ1n) is 9.64. The molecule has 0 aliphatic rings. The summed E-state index contributed by atoms with van der Waals surface area (Å²) in [5.41, 5.74) is 2.99. The van der Waals surface area contributed by atoms with Crippen molar-refractivity contribution in [3.05, 3.63) is 47.1 Å². The van der Waals surface area contributed by atoms with E-state index in [9.17, 15) is 0 Å². The van der Waals surface area contributed by atoms with E-state index in [4.69, 9.17) is 9.26 Å². The molecule has 3 rings (SSSR count). The van der Waals surface area contributed by atoms with Crippen molar-refractivity contribution in [1.82, 2.24) is 31.0 Å². The highest BCUT2D eigenvalue weighted by molar-refractivity contribution is 5.79. The van der Waals surface area contributed by atoms with Crippen LogP contribution < -0.4 is 15.4 Å². The molecule has 9 heteroatoms. The highest BCUT2D eigenvalue weighted by Crippen LogP contribution is 2.19. The minimum absolute atomic E-state index is 0.466. The zero-order chi connectivity index (χ0) is 20.6. The van der Waals surface area contributed by atoms with Gasteiger partial charge in [0.2, 0.25) is 0 Å². The zero-order valence-corrected chi connectivity index (χ0v) is 17.2. The van der Waals surface area contributed by atoms with Crippen LogP contribution >= 0.6 is 0 Å². The molecular formula is C20H27N7O2. The lowest BCUT2D eigenvalue weighted by Gasteiger charge is -2.11.